The molecule has 0 saturated heterocycles. The topological polar surface area (TPSA) is 83.8 Å². The molecule has 2 aliphatic rings. The van der Waals surface area contributed by atoms with Gasteiger partial charge in [0.15, 0.2) is 11.3 Å². The summed E-state index contributed by atoms with van der Waals surface area (Å²) in [5.41, 5.74) is 3.71. The fourth-order valence-electron chi connectivity index (χ4n) is 2.26. The molecule has 0 radical (unpaired) electrons. The minimum absolute atomic E-state index is 0.0352. The predicted octanol–water partition coefficient (Wildman–Crippen LogP) is 2.97. The first-order valence-electron chi connectivity index (χ1n) is 6.87. The van der Waals surface area contributed by atoms with E-state index in [2.05, 4.69) is 5.73 Å². The predicted molar refractivity (Wildman–Crippen MR) is 83.7 cm³/mol. The van der Waals surface area contributed by atoms with Crippen LogP contribution in [0.4, 0.5) is 0 Å². The standard InChI is InChI=1S/C18H14N4O/c1-18(2)16(8-7-14-6-4-5-9-22(14)3)15(12-21)17(23-18)13(10-19)11-20/h4-6,8-9H,1-3H3. The largest absolute Gasteiger partial charge is 0.480 e. The molecule has 0 aromatic heterocycles. The summed E-state index contributed by atoms with van der Waals surface area (Å²) in [6.07, 6.45) is 9.24. The number of hydrogen-bond acceptors (Lipinski definition) is 5. The van der Waals surface area contributed by atoms with Crippen molar-refractivity contribution in [3.63, 3.8) is 0 Å². The lowest BCUT2D eigenvalue weighted by Gasteiger charge is -2.20. The van der Waals surface area contributed by atoms with Crippen LogP contribution in [0, 0.1) is 34.0 Å². The molecule has 5 heteroatoms. The average molecular weight is 302 g/mol. The summed E-state index contributed by atoms with van der Waals surface area (Å²) in [5.74, 6) is 0.0352. The lowest BCUT2D eigenvalue weighted by molar-refractivity contribution is 0.0954. The molecule has 2 rings (SSSR count). The van der Waals surface area contributed by atoms with Gasteiger partial charge >= 0.3 is 0 Å². The van der Waals surface area contributed by atoms with Gasteiger partial charge in [0.25, 0.3) is 0 Å². The van der Waals surface area contributed by atoms with Gasteiger partial charge in [0.2, 0.25) is 0 Å². The maximum atomic E-state index is 9.44. The number of ether oxygens (including phenoxy) is 1. The molecule has 0 spiro atoms. The third kappa shape index (κ3) is 2.94. The van der Waals surface area contributed by atoms with E-state index in [1.807, 2.05) is 42.4 Å². The second-order valence-corrected chi connectivity index (χ2v) is 5.43. The van der Waals surface area contributed by atoms with E-state index in [0.29, 0.717) is 5.57 Å². The van der Waals surface area contributed by atoms with Gasteiger partial charge in [-0.15, -0.1) is 0 Å². The molecular weight excluding hydrogens is 288 g/mol. The van der Waals surface area contributed by atoms with Crippen molar-refractivity contribution in [2.75, 3.05) is 7.05 Å². The van der Waals surface area contributed by atoms with Crippen molar-refractivity contribution in [3.8, 4) is 18.2 Å². The molecule has 2 heterocycles. The maximum absolute atomic E-state index is 9.44. The Hall–Kier alpha value is -3.45. The van der Waals surface area contributed by atoms with E-state index in [1.54, 1.807) is 32.1 Å². The second-order valence-electron chi connectivity index (χ2n) is 5.43. The molecule has 0 atom stereocenters. The van der Waals surface area contributed by atoms with E-state index in [0.717, 1.165) is 5.70 Å². The Balaban J connectivity index is 2.64. The fourth-order valence-corrected chi connectivity index (χ4v) is 2.26. The van der Waals surface area contributed by atoms with Crippen LogP contribution in [0.3, 0.4) is 0 Å². The quantitative estimate of drug-likeness (QED) is 0.549. The van der Waals surface area contributed by atoms with Gasteiger partial charge in [-0.1, -0.05) is 11.8 Å². The molecule has 0 aromatic rings. The number of allylic oxidation sites excluding steroid dienone is 4. The molecule has 0 unspecified atom stereocenters. The molecule has 112 valence electrons. The second kappa shape index (κ2) is 6.12. The van der Waals surface area contributed by atoms with Gasteiger partial charge in [-0.05, 0) is 32.1 Å². The van der Waals surface area contributed by atoms with Gasteiger partial charge in [0, 0.05) is 18.8 Å². The van der Waals surface area contributed by atoms with Crippen molar-refractivity contribution in [1.82, 2.24) is 4.90 Å². The highest BCUT2D eigenvalue weighted by Crippen LogP contribution is 2.39. The van der Waals surface area contributed by atoms with Crippen LogP contribution in [0.1, 0.15) is 13.8 Å². The van der Waals surface area contributed by atoms with Gasteiger partial charge in [0.1, 0.15) is 29.4 Å². The summed E-state index contributed by atoms with van der Waals surface area (Å²) >= 11 is 0. The maximum Gasteiger partial charge on any atom is 0.172 e. The van der Waals surface area contributed by atoms with E-state index >= 15 is 0 Å². The van der Waals surface area contributed by atoms with Gasteiger partial charge in [0.05, 0.1) is 5.70 Å². The summed E-state index contributed by atoms with van der Waals surface area (Å²) in [7, 11) is 1.89. The Morgan fingerprint density at radius 2 is 1.91 bits per heavy atom. The highest BCUT2D eigenvalue weighted by Gasteiger charge is 2.38. The van der Waals surface area contributed by atoms with Gasteiger partial charge < -0.3 is 9.64 Å². The van der Waals surface area contributed by atoms with Crippen molar-refractivity contribution >= 4 is 0 Å². The number of nitrogens with zero attached hydrogens (tertiary/aromatic N) is 4. The number of rotatable bonds is 1. The van der Waals surface area contributed by atoms with Gasteiger partial charge in [-0.3, -0.25) is 0 Å². The molecule has 0 fully saturated rings. The molecule has 0 aromatic carbocycles. The average Bonchev–Trinajstić information content (AvgIpc) is 2.78. The molecule has 2 aliphatic heterocycles. The first-order valence-corrected chi connectivity index (χ1v) is 6.87. The van der Waals surface area contributed by atoms with Crippen LogP contribution in [0.2, 0.25) is 0 Å². The Morgan fingerprint density at radius 3 is 2.48 bits per heavy atom. The molecule has 23 heavy (non-hydrogen) atoms. The van der Waals surface area contributed by atoms with Crippen molar-refractivity contribution in [3.05, 3.63) is 64.4 Å². The zero-order valence-electron chi connectivity index (χ0n) is 13.1. The monoisotopic (exact) mass is 302 g/mol. The molecule has 5 nitrogen and oxygen atoms in total. The third-order valence-corrected chi connectivity index (χ3v) is 3.48. The van der Waals surface area contributed by atoms with Crippen LogP contribution in [0.25, 0.3) is 0 Å². The first kappa shape index (κ1) is 15.9. The van der Waals surface area contributed by atoms with E-state index < -0.39 is 5.60 Å². The molecule has 0 bridgehead atoms. The summed E-state index contributed by atoms with van der Waals surface area (Å²) in [6.45, 7) is 3.56. The normalized spacial score (nSPS) is 17.8. The van der Waals surface area contributed by atoms with Crippen LogP contribution in [-0.2, 0) is 4.74 Å². The van der Waals surface area contributed by atoms with E-state index in [1.165, 1.54) is 0 Å². The Bertz CT molecular complexity index is 838. The van der Waals surface area contributed by atoms with Crippen molar-refractivity contribution in [2.24, 2.45) is 0 Å². The highest BCUT2D eigenvalue weighted by atomic mass is 16.5. The molecular formula is C18H14N4O. The summed E-state index contributed by atoms with van der Waals surface area (Å²) < 4.78 is 5.69. The summed E-state index contributed by atoms with van der Waals surface area (Å²) in [5, 5.41) is 27.5. The lowest BCUT2D eigenvalue weighted by Crippen LogP contribution is -2.20. The van der Waals surface area contributed by atoms with Crippen LogP contribution in [-0.4, -0.2) is 17.5 Å². The molecule has 0 N–H and O–H groups in total. The summed E-state index contributed by atoms with van der Waals surface area (Å²) in [6, 6.07) is 5.57. The number of likely N-dealkylation sites (N-methyl/N-ethyl adjacent to an activating group) is 1. The van der Waals surface area contributed by atoms with Crippen LogP contribution in [0.15, 0.2) is 64.4 Å². The number of hydrogen-bond donors (Lipinski definition) is 0. The zero-order valence-corrected chi connectivity index (χ0v) is 13.1. The summed E-state index contributed by atoms with van der Waals surface area (Å²) in [4.78, 5) is 1.89. The first-order chi connectivity index (χ1) is 10.9. The van der Waals surface area contributed by atoms with Crippen LogP contribution in [0.5, 0.6) is 0 Å². The minimum atomic E-state index is -0.820. The zero-order chi connectivity index (χ0) is 17.0. The Kier molecular flexibility index (Phi) is 4.24. The molecule has 0 aliphatic carbocycles. The lowest BCUT2D eigenvalue weighted by atomic mass is 9.95. The smallest absolute Gasteiger partial charge is 0.172 e. The SMILES string of the molecule is CN1C=CC=CC1=C=CC1=C(C#N)C(=C(C#N)C#N)OC1(C)C. The van der Waals surface area contributed by atoms with E-state index in [-0.39, 0.29) is 16.9 Å². The minimum Gasteiger partial charge on any atom is -0.480 e. The fraction of sp³-hybridized carbons (Fsp3) is 0.222. The Labute approximate surface area is 135 Å². The van der Waals surface area contributed by atoms with Gasteiger partial charge in [-0.25, -0.2) is 0 Å². The Morgan fingerprint density at radius 1 is 1.22 bits per heavy atom. The van der Waals surface area contributed by atoms with E-state index in [9.17, 15) is 5.26 Å². The highest BCUT2D eigenvalue weighted by molar-refractivity contribution is 5.60. The third-order valence-electron chi connectivity index (χ3n) is 3.48. The van der Waals surface area contributed by atoms with Crippen molar-refractivity contribution in [1.29, 1.82) is 15.8 Å². The van der Waals surface area contributed by atoms with Crippen molar-refractivity contribution < 1.29 is 4.74 Å². The number of nitriles is 3. The molecule has 0 amide bonds. The van der Waals surface area contributed by atoms with Crippen LogP contribution >= 0.6 is 0 Å². The van der Waals surface area contributed by atoms with Crippen molar-refractivity contribution in [2.45, 2.75) is 19.4 Å². The van der Waals surface area contributed by atoms with Crippen LogP contribution < -0.4 is 0 Å². The van der Waals surface area contributed by atoms with Gasteiger partial charge in [-0.2, -0.15) is 15.8 Å². The molecule has 0 saturated carbocycles. The van der Waals surface area contributed by atoms with E-state index in [4.69, 9.17) is 15.3 Å².